The molecule has 1 atom stereocenters. The van der Waals surface area contributed by atoms with Crippen LogP contribution in [-0.4, -0.2) is 50.9 Å². The molecule has 0 fully saturated rings. The third-order valence-electron chi connectivity index (χ3n) is 4.68. The normalized spacial score (nSPS) is 15.5. The van der Waals surface area contributed by atoms with Gasteiger partial charge in [-0.1, -0.05) is 0 Å². The number of hydrogen-bond acceptors (Lipinski definition) is 6. The van der Waals surface area contributed by atoms with Crippen LogP contribution in [0.5, 0.6) is 0 Å². The highest BCUT2D eigenvalue weighted by atomic mass is 19.1. The lowest BCUT2D eigenvalue weighted by Gasteiger charge is -2.25. The van der Waals surface area contributed by atoms with Crippen molar-refractivity contribution in [2.45, 2.75) is 25.4 Å². The highest BCUT2D eigenvalue weighted by molar-refractivity contribution is 5.89. The minimum absolute atomic E-state index is 0.0836. The Morgan fingerprint density at radius 1 is 1.17 bits per heavy atom. The van der Waals surface area contributed by atoms with E-state index in [1.807, 2.05) is 18.7 Å². The lowest BCUT2D eigenvalue weighted by Crippen LogP contribution is -2.43. The molecular formula is C19H21FN8O. The Morgan fingerprint density at radius 2 is 1.90 bits per heavy atom. The third-order valence-corrected chi connectivity index (χ3v) is 4.68. The molecule has 1 aliphatic heterocycles. The summed E-state index contributed by atoms with van der Waals surface area (Å²) in [4.78, 5) is 22.5. The van der Waals surface area contributed by atoms with Crippen LogP contribution in [0, 0.1) is 5.82 Å². The number of rotatable bonds is 4. The quantitative estimate of drug-likeness (QED) is 0.700. The first-order valence-electron chi connectivity index (χ1n) is 9.24. The molecule has 1 unspecified atom stereocenters. The van der Waals surface area contributed by atoms with Gasteiger partial charge in [0.15, 0.2) is 5.82 Å². The van der Waals surface area contributed by atoms with Crippen molar-refractivity contribution < 1.29 is 9.18 Å². The Balaban J connectivity index is 1.41. The number of hydrogen-bond donors (Lipinski definition) is 2. The molecule has 0 saturated heterocycles. The van der Waals surface area contributed by atoms with Crippen LogP contribution in [0.3, 0.4) is 0 Å². The van der Waals surface area contributed by atoms with Crippen LogP contribution >= 0.6 is 0 Å². The molecule has 4 rings (SSSR count). The summed E-state index contributed by atoms with van der Waals surface area (Å²) in [6.45, 7) is 0.540. The van der Waals surface area contributed by atoms with E-state index in [-0.39, 0.29) is 17.9 Å². The Bertz CT molecular complexity index is 1000. The highest BCUT2D eigenvalue weighted by Crippen LogP contribution is 2.23. The van der Waals surface area contributed by atoms with Crippen molar-refractivity contribution in [2.75, 3.05) is 24.3 Å². The second-order valence-corrected chi connectivity index (χ2v) is 7.06. The SMILES string of the molecule is CN(C)c1ncc(NC(=O)NC2CCc3nnc(-c4ccc(F)cc4)n3C2)cn1. The summed E-state index contributed by atoms with van der Waals surface area (Å²) in [5, 5.41) is 14.2. The Labute approximate surface area is 167 Å². The summed E-state index contributed by atoms with van der Waals surface area (Å²) in [5.41, 5.74) is 1.30. The molecule has 150 valence electrons. The van der Waals surface area contributed by atoms with Crippen LogP contribution < -0.4 is 15.5 Å². The zero-order valence-corrected chi connectivity index (χ0v) is 16.1. The third kappa shape index (κ3) is 4.15. The van der Waals surface area contributed by atoms with Crippen molar-refractivity contribution in [1.82, 2.24) is 30.0 Å². The van der Waals surface area contributed by atoms with Gasteiger partial charge in [0.2, 0.25) is 5.95 Å². The van der Waals surface area contributed by atoms with E-state index >= 15 is 0 Å². The van der Waals surface area contributed by atoms with E-state index < -0.39 is 0 Å². The number of anilines is 2. The Morgan fingerprint density at radius 3 is 2.59 bits per heavy atom. The monoisotopic (exact) mass is 396 g/mol. The van der Waals surface area contributed by atoms with Gasteiger partial charge >= 0.3 is 6.03 Å². The zero-order chi connectivity index (χ0) is 20.4. The molecule has 9 nitrogen and oxygen atoms in total. The predicted octanol–water partition coefficient (Wildman–Crippen LogP) is 2.08. The average molecular weight is 396 g/mol. The summed E-state index contributed by atoms with van der Waals surface area (Å²) >= 11 is 0. The molecule has 0 bridgehead atoms. The summed E-state index contributed by atoms with van der Waals surface area (Å²) in [5.74, 6) is 1.79. The number of carbonyl (C=O) groups is 1. The molecule has 3 heterocycles. The number of aromatic nitrogens is 5. The first-order valence-corrected chi connectivity index (χ1v) is 9.24. The van der Waals surface area contributed by atoms with Gasteiger partial charge in [-0.15, -0.1) is 10.2 Å². The van der Waals surface area contributed by atoms with Crippen LogP contribution in [0.15, 0.2) is 36.7 Å². The summed E-state index contributed by atoms with van der Waals surface area (Å²) in [6, 6.07) is 5.73. The fourth-order valence-electron chi connectivity index (χ4n) is 3.23. The number of aryl methyl sites for hydroxylation is 1. The Kier molecular flexibility index (Phi) is 5.07. The van der Waals surface area contributed by atoms with Gasteiger partial charge in [-0.2, -0.15) is 0 Å². The van der Waals surface area contributed by atoms with Crippen molar-refractivity contribution in [3.63, 3.8) is 0 Å². The second-order valence-electron chi connectivity index (χ2n) is 7.06. The molecule has 2 amide bonds. The maximum absolute atomic E-state index is 13.2. The standard InChI is InChI=1S/C19H21FN8O/c1-27(2)18-21-9-15(10-22-18)24-19(29)23-14-7-8-16-25-26-17(28(16)11-14)12-3-5-13(20)6-4-12/h3-6,9-10,14H,7-8,11H2,1-2H3,(H2,23,24,29). The molecule has 2 N–H and O–H groups in total. The van der Waals surface area contributed by atoms with Gasteiger partial charge in [0.05, 0.1) is 18.1 Å². The maximum atomic E-state index is 13.2. The molecule has 3 aromatic rings. The van der Waals surface area contributed by atoms with Gasteiger partial charge in [0, 0.05) is 38.7 Å². The molecule has 1 aromatic carbocycles. The van der Waals surface area contributed by atoms with Gasteiger partial charge < -0.3 is 20.1 Å². The van der Waals surface area contributed by atoms with E-state index in [4.69, 9.17) is 0 Å². The summed E-state index contributed by atoms with van der Waals surface area (Å²) in [7, 11) is 3.69. The van der Waals surface area contributed by atoms with E-state index in [0.29, 0.717) is 30.4 Å². The second kappa shape index (κ2) is 7.82. The van der Waals surface area contributed by atoms with Gasteiger partial charge in [-0.3, -0.25) is 0 Å². The average Bonchev–Trinajstić information content (AvgIpc) is 3.12. The van der Waals surface area contributed by atoms with Gasteiger partial charge in [0.25, 0.3) is 0 Å². The topological polar surface area (TPSA) is 101 Å². The van der Waals surface area contributed by atoms with Crippen LogP contribution in [0.1, 0.15) is 12.2 Å². The first kappa shape index (κ1) is 18.8. The lowest BCUT2D eigenvalue weighted by atomic mass is 10.1. The summed E-state index contributed by atoms with van der Waals surface area (Å²) < 4.78 is 15.2. The van der Waals surface area contributed by atoms with Gasteiger partial charge in [-0.05, 0) is 30.7 Å². The van der Waals surface area contributed by atoms with E-state index in [0.717, 1.165) is 17.8 Å². The smallest absolute Gasteiger partial charge is 0.319 e. The van der Waals surface area contributed by atoms with E-state index in [1.54, 1.807) is 29.4 Å². The number of nitrogens with zero attached hydrogens (tertiary/aromatic N) is 6. The number of benzene rings is 1. The lowest BCUT2D eigenvalue weighted by molar-refractivity contribution is 0.244. The van der Waals surface area contributed by atoms with E-state index in [1.165, 1.54) is 12.1 Å². The van der Waals surface area contributed by atoms with Crippen molar-refractivity contribution >= 4 is 17.7 Å². The van der Waals surface area contributed by atoms with Crippen molar-refractivity contribution in [1.29, 1.82) is 0 Å². The number of urea groups is 1. The predicted molar refractivity (Wildman–Crippen MR) is 106 cm³/mol. The Hall–Kier alpha value is -3.56. The van der Waals surface area contributed by atoms with Crippen molar-refractivity contribution in [3.05, 3.63) is 48.3 Å². The van der Waals surface area contributed by atoms with Crippen molar-refractivity contribution in [2.24, 2.45) is 0 Å². The van der Waals surface area contributed by atoms with Crippen LogP contribution in [0.2, 0.25) is 0 Å². The minimum Gasteiger partial charge on any atom is -0.347 e. The van der Waals surface area contributed by atoms with Crippen LogP contribution in [0.4, 0.5) is 20.8 Å². The maximum Gasteiger partial charge on any atom is 0.319 e. The zero-order valence-electron chi connectivity index (χ0n) is 16.1. The highest BCUT2D eigenvalue weighted by Gasteiger charge is 2.24. The molecule has 2 aromatic heterocycles. The van der Waals surface area contributed by atoms with E-state index in [9.17, 15) is 9.18 Å². The van der Waals surface area contributed by atoms with Crippen LogP contribution in [0.25, 0.3) is 11.4 Å². The molecule has 10 heteroatoms. The minimum atomic E-state index is -0.323. The molecule has 29 heavy (non-hydrogen) atoms. The molecule has 0 spiro atoms. The fourth-order valence-corrected chi connectivity index (χ4v) is 3.23. The molecular weight excluding hydrogens is 375 g/mol. The van der Waals surface area contributed by atoms with Crippen molar-refractivity contribution in [3.8, 4) is 11.4 Å². The largest absolute Gasteiger partial charge is 0.347 e. The fraction of sp³-hybridized carbons (Fsp3) is 0.316. The molecule has 0 aliphatic carbocycles. The van der Waals surface area contributed by atoms with Gasteiger partial charge in [0.1, 0.15) is 11.6 Å². The molecule has 1 aliphatic rings. The number of amides is 2. The first-order chi connectivity index (χ1) is 14.0. The number of halogens is 1. The number of fused-ring (bicyclic) bond motifs is 1. The van der Waals surface area contributed by atoms with E-state index in [2.05, 4.69) is 30.8 Å². The molecule has 0 radical (unpaired) electrons. The summed E-state index contributed by atoms with van der Waals surface area (Å²) in [6.07, 6.45) is 4.57. The number of nitrogens with one attached hydrogen (secondary N) is 2. The number of carbonyl (C=O) groups excluding carboxylic acids is 1. The molecule has 0 saturated carbocycles. The van der Waals surface area contributed by atoms with Crippen LogP contribution in [-0.2, 0) is 13.0 Å². The van der Waals surface area contributed by atoms with Gasteiger partial charge in [-0.25, -0.2) is 19.2 Å².